The quantitative estimate of drug-likeness (QED) is 0.296. The standard InChI is InChI=1S/C28H30F2N6OS/c1-4-5-25-34-26(20-17-19(37-3)7-8-21(20)29)27(38-25)23-10-11-31-28(33-23)32-18-6-9-24(22(30)16-18)36-14-12-35(2)13-15-36/h6-11,16-17H,4-5,12-15H2,1-3H3,(H,31,32,33). The van der Waals surface area contributed by atoms with E-state index >= 15 is 4.39 Å². The summed E-state index contributed by atoms with van der Waals surface area (Å²) in [5.74, 6) is 0.183. The SMILES string of the molecule is CCCc1nc(-c2cc(OC)ccc2F)c(-c2ccnc(Nc3ccc(N4CCN(C)CC4)c(F)c3)n2)s1. The van der Waals surface area contributed by atoms with Crippen molar-refractivity contribution in [3.8, 4) is 27.6 Å². The number of rotatable bonds is 8. The van der Waals surface area contributed by atoms with Crippen molar-refractivity contribution in [2.75, 3.05) is 50.6 Å². The average molecular weight is 537 g/mol. The number of aryl methyl sites for hydroxylation is 1. The van der Waals surface area contributed by atoms with Crippen molar-refractivity contribution < 1.29 is 13.5 Å². The fourth-order valence-corrected chi connectivity index (χ4v) is 5.57. The van der Waals surface area contributed by atoms with Gasteiger partial charge in [0.05, 0.1) is 34.1 Å². The second kappa shape index (κ2) is 11.4. The summed E-state index contributed by atoms with van der Waals surface area (Å²) >= 11 is 1.48. The van der Waals surface area contributed by atoms with Gasteiger partial charge in [0.25, 0.3) is 0 Å². The maximum Gasteiger partial charge on any atom is 0.227 e. The zero-order valence-electron chi connectivity index (χ0n) is 21.7. The number of ether oxygens (including phenoxy) is 1. The van der Waals surface area contributed by atoms with E-state index in [4.69, 9.17) is 9.72 Å². The number of likely N-dealkylation sites (N-methyl/N-ethyl adjacent to an activating group) is 1. The van der Waals surface area contributed by atoms with Crippen molar-refractivity contribution in [1.29, 1.82) is 0 Å². The molecule has 0 bridgehead atoms. The average Bonchev–Trinajstić information content (AvgIpc) is 3.34. The fourth-order valence-electron chi connectivity index (χ4n) is 4.42. The second-order valence-corrected chi connectivity index (χ2v) is 10.3. The lowest BCUT2D eigenvalue weighted by atomic mass is 10.1. The maximum atomic E-state index is 15.0. The van der Waals surface area contributed by atoms with E-state index in [2.05, 4.69) is 39.1 Å². The van der Waals surface area contributed by atoms with Gasteiger partial charge >= 0.3 is 0 Å². The lowest BCUT2D eigenvalue weighted by Gasteiger charge is -2.34. The third kappa shape index (κ3) is 5.61. The van der Waals surface area contributed by atoms with Gasteiger partial charge in [-0.2, -0.15) is 0 Å². The van der Waals surface area contributed by atoms with Gasteiger partial charge in [0.2, 0.25) is 5.95 Å². The molecule has 0 amide bonds. The van der Waals surface area contributed by atoms with Crippen LogP contribution in [-0.2, 0) is 6.42 Å². The molecular formula is C28H30F2N6OS. The first kappa shape index (κ1) is 26.0. The van der Waals surface area contributed by atoms with Gasteiger partial charge in [-0.15, -0.1) is 11.3 Å². The van der Waals surface area contributed by atoms with Crippen LogP contribution in [-0.4, -0.2) is 60.2 Å². The zero-order chi connectivity index (χ0) is 26.6. The summed E-state index contributed by atoms with van der Waals surface area (Å²) < 4.78 is 35.2. The van der Waals surface area contributed by atoms with Crippen LogP contribution in [0.5, 0.6) is 5.75 Å². The molecule has 1 N–H and O–H groups in total. The minimum absolute atomic E-state index is 0.293. The molecule has 4 aromatic rings. The van der Waals surface area contributed by atoms with Crippen LogP contribution >= 0.6 is 11.3 Å². The van der Waals surface area contributed by atoms with Gasteiger partial charge in [-0.25, -0.2) is 23.7 Å². The molecule has 1 fully saturated rings. The summed E-state index contributed by atoms with van der Waals surface area (Å²) in [5, 5.41) is 4.01. The van der Waals surface area contributed by atoms with Gasteiger partial charge in [0, 0.05) is 43.6 Å². The van der Waals surface area contributed by atoms with Crippen molar-refractivity contribution in [2.24, 2.45) is 0 Å². The summed E-state index contributed by atoms with van der Waals surface area (Å²) in [4.78, 5) is 18.8. The van der Waals surface area contributed by atoms with Crippen LogP contribution in [0.4, 0.5) is 26.1 Å². The first-order valence-electron chi connectivity index (χ1n) is 12.6. The number of piperazine rings is 1. The molecule has 0 aliphatic carbocycles. The molecule has 1 aliphatic rings. The highest BCUT2D eigenvalue weighted by Gasteiger charge is 2.21. The highest BCUT2D eigenvalue weighted by molar-refractivity contribution is 7.15. The van der Waals surface area contributed by atoms with Crippen molar-refractivity contribution in [3.05, 3.63) is 65.3 Å². The molecule has 3 heterocycles. The monoisotopic (exact) mass is 536 g/mol. The normalized spacial score (nSPS) is 14.1. The summed E-state index contributed by atoms with van der Waals surface area (Å²) in [7, 11) is 3.62. The summed E-state index contributed by atoms with van der Waals surface area (Å²) in [5.41, 5.74) is 2.62. The number of halogens is 2. The number of aromatic nitrogens is 3. The maximum absolute atomic E-state index is 15.0. The van der Waals surface area contributed by atoms with E-state index in [1.165, 1.54) is 23.5 Å². The molecule has 10 heteroatoms. The van der Waals surface area contributed by atoms with E-state index < -0.39 is 0 Å². The molecule has 1 saturated heterocycles. The smallest absolute Gasteiger partial charge is 0.227 e. The van der Waals surface area contributed by atoms with Gasteiger partial charge in [-0.05, 0) is 62.4 Å². The predicted octanol–water partition coefficient (Wildman–Crippen LogP) is 6.00. The molecule has 0 spiro atoms. The Morgan fingerprint density at radius 2 is 1.82 bits per heavy atom. The minimum atomic E-state index is -0.385. The van der Waals surface area contributed by atoms with Crippen LogP contribution in [0.1, 0.15) is 18.4 Å². The van der Waals surface area contributed by atoms with Gasteiger partial charge in [0.15, 0.2) is 0 Å². The molecule has 0 unspecified atom stereocenters. The Hall–Kier alpha value is -3.63. The first-order valence-corrected chi connectivity index (χ1v) is 13.4. The topological polar surface area (TPSA) is 66.4 Å². The second-order valence-electron chi connectivity index (χ2n) is 9.23. The predicted molar refractivity (Wildman–Crippen MR) is 148 cm³/mol. The van der Waals surface area contributed by atoms with Gasteiger partial charge in [-0.3, -0.25) is 0 Å². The molecule has 0 saturated carbocycles. The van der Waals surface area contributed by atoms with E-state index in [-0.39, 0.29) is 11.6 Å². The third-order valence-corrected chi connectivity index (χ3v) is 7.64. The number of benzene rings is 2. The van der Waals surface area contributed by atoms with Crippen molar-refractivity contribution >= 4 is 28.7 Å². The number of nitrogens with one attached hydrogen (secondary N) is 1. The fraction of sp³-hybridized carbons (Fsp3) is 0.321. The molecule has 198 valence electrons. The van der Waals surface area contributed by atoms with E-state index in [1.54, 1.807) is 37.6 Å². The lowest BCUT2D eigenvalue weighted by molar-refractivity contribution is 0.311. The molecular weight excluding hydrogens is 506 g/mol. The number of hydrogen-bond acceptors (Lipinski definition) is 8. The van der Waals surface area contributed by atoms with Crippen LogP contribution in [0.25, 0.3) is 21.8 Å². The number of methoxy groups -OCH3 is 1. The van der Waals surface area contributed by atoms with Crippen LogP contribution < -0.4 is 15.0 Å². The molecule has 2 aromatic carbocycles. The van der Waals surface area contributed by atoms with E-state index in [1.807, 2.05) is 6.07 Å². The van der Waals surface area contributed by atoms with E-state index in [0.29, 0.717) is 40.0 Å². The van der Waals surface area contributed by atoms with Crippen molar-refractivity contribution in [2.45, 2.75) is 19.8 Å². The Morgan fingerprint density at radius 3 is 2.55 bits per heavy atom. The van der Waals surface area contributed by atoms with Crippen molar-refractivity contribution in [3.63, 3.8) is 0 Å². The number of thiazole rings is 1. The Morgan fingerprint density at radius 1 is 1.00 bits per heavy atom. The van der Waals surface area contributed by atoms with Gasteiger partial charge in [-0.1, -0.05) is 6.92 Å². The molecule has 38 heavy (non-hydrogen) atoms. The lowest BCUT2D eigenvalue weighted by Crippen LogP contribution is -2.44. The molecule has 0 atom stereocenters. The van der Waals surface area contributed by atoms with E-state index in [9.17, 15) is 4.39 Å². The van der Waals surface area contributed by atoms with Crippen molar-refractivity contribution in [1.82, 2.24) is 19.9 Å². The molecule has 2 aromatic heterocycles. The van der Waals surface area contributed by atoms with Gasteiger partial charge < -0.3 is 19.9 Å². The van der Waals surface area contributed by atoms with Gasteiger partial charge in [0.1, 0.15) is 17.4 Å². The highest BCUT2D eigenvalue weighted by Crippen LogP contribution is 2.39. The Kier molecular flexibility index (Phi) is 7.80. The van der Waals surface area contributed by atoms with Crippen LogP contribution in [0.2, 0.25) is 0 Å². The number of hydrogen-bond donors (Lipinski definition) is 1. The van der Waals surface area contributed by atoms with E-state index in [0.717, 1.165) is 48.9 Å². The summed E-state index contributed by atoms with van der Waals surface area (Å²) in [6.07, 6.45) is 3.32. The number of nitrogens with zero attached hydrogens (tertiary/aromatic N) is 5. The molecule has 7 nitrogen and oxygen atoms in total. The Labute approximate surface area is 225 Å². The van der Waals surface area contributed by atoms with Crippen LogP contribution in [0.3, 0.4) is 0 Å². The zero-order valence-corrected chi connectivity index (χ0v) is 22.5. The summed E-state index contributed by atoms with van der Waals surface area (Å²) in [6, 6.07) is 11.5. The Balaban J connectivity index is 1.44. The minimum Gasteiger partial charge on any atom is -0.497 e. The van der Waals surface area contributed by atoms with Crippen LogP contribution in [0.15, 0.2) is 48.7 Å². The van der Waals surface area contributed by atoms with Crippen LogP contribution in [0, 0.1) is 11.6 Å². The Bertz CT molecular complexity index is 1420. The largest absolute Gasteiger partial charge is 0.497 e. The molecule has 1 aliphatic heterocycles. The highest BCUT2D eigenvalue weighted by atomic mass is 32.1. The number of anilines is 3. The summed E-state index contributed by atoms with van der Waals surface area (Å²) in [6.45, 7) is 5.46. The molecule has 0 radical (unpaired) electrons. The first-order chi connectivity index (χ1) is 18.4. The molecule has 5 rings (SSSR count). The third-order valence-electron chi connectivity index (χ3n) is 6.50.